The van der Waals surface area contributed by atoms with Crippen LogP contribution in [0.3, 0.4) is 0 Å². The minimum absolute atomic E-state index is 0.0279. The Morgan fingerprint density at radius 1 is 1.06 bits per heavy atom. The first-order chi connectivity index (χ1) is 15.8. The van der Waals surface area contributed by atoms with Crippen LogP contribution in [0.4, 0.5) is 10.1 Å². The van der Waals surface area contributed by atoms with Gasteiger partial charge in [0.15, 0.2) is 11.0 Å². The summed E-state index contributed by atoms with van der Waals surface area (Å²) >= 11 is 1.27. The number of nitrogens with zero attached hydrogens (tertiary/aromatic N) is 3. The zero-order valence-electron chi connectivity index (χ0n) is 19.1. The van der Waals surface area contributed by atoms with Gasteiger partial charge in [-0.1, -0.05) is 55.9 Å². The molecule has 174 valence electrons. The number of benzene rings is 2. The highest BCUT2D eigenvalue weighted by atomic mass is 32.2. The van der Waals surface area contributed by atoms with E-state index in [0.717, 1.165) is 11.3 Å². The Labute approximate surface area is 197 Å². The number of hydrogen-bond donors (Lipinski definition) is 2. The lowest BCUT2D eigenvalue weighted by atomic mass is 10.0. The van der Waals surface area contributed by atoms with Crippen molar-refractivity contribution in [1.29, 1.82) is 0 Å². The minimum Gasteiger partial charge on any atom is -0.342 e. The summed E-state index contributed by atoms with van der Waals surface area (Å²) in [6, 6.07) is 13.1. The first-order valence-corrected chi connectivity index (χ1v) is 11.8. The molecule has 0 saturated heterocycles. The standard InChI is InChI=1S/C24H28FN5O2S/c1-5-30-22(16(4)26-23(32)18-11-6-8-12-19(18)25)28-29-24(30)33-14-21(31)27-20-13-9-7-10-17(20)15(2)3/h6-13,15-16H,5,14H2,1-4H3,(H,26,32)(H,27,31)/t16-/m1/s1. The van der Waals surface area contributed by atoms with Gasteiger partial charge in [-0.25, -0.2) is 4.39 Å². The molecule has 0 spiro atoms. The Morgan fingerprint density at radius 2 is 1.76 bits per heavy atom. The monoisotopic (exact) mass is 469 g/mol. The van der Waals surface area contributed by atoms with Gasteiger partial charge in [0.1, 0.15) is 5.82 Å². The molecule has 0 aliphatic heterocycles. The van der Waals surface area contributed by atoms with Crippen LogP contribution in [0.15, 0.2) is 53.7 Å². The van der Waals surface area contributed by atoms with Crippen molar-refractivity contribution in [3.63, 3.8) is 0 Å². The Kier molecular flexibility index (Phi) is 8.21. The third kappa shape index (κ3) is 5.98. The van der Waals surface area contributed by atoms with Crippen LogP contribution in [0.5, 0.6) is 0 Å². The molecule has 0 unspecified atom stereocenters. The number of anilines is 1. The third-order valence-electron chi connectivity index (χ3n) is 5.10. The molecule has 2 amide bonds. The highest BCUT2D eigenvalue weighted by Gasteiger charge is 2.21. The molecule has 0 fully saturated rings. The molecule has 1 atom stereocenters. The van der Waals surface area contributed by atoms with Crippen LogP contribution >= 0.6 is 11.8 Å². The molecular formula is C24H28FN5O2S. The van der Waals surface area contributed by atoms with Gasteiger partial charge in [0, 0.05) is 12.2 Å². The summed E-state index contributed by atoms with van der Waals surface area (Å²) in [5.41, 5.74) is 1.86. The molecule has 0 aliphatic carbocycles. The van der Waals surface area contributed by atoms with Gasteiger partial charge >= 0.3 is 0 Å². The molecule has 1 heterocycles. The number of nitrogens with one attached hydrogen (secondary N) is 2. The smallest absolute Gasteiger partial charge is 0.254 e. The van der Waals surface area contributed by atoms with E-state index in [1.165, 1.54) is 30.0 Å². The number of rotatable bonds is 9. The minimum atomic E-state index is -0.583. The average molecular weight is 470 g/mol. The second-order valence-electron chi connectivity index (χ2n) is 7.84. The van der Waals surface area contributed by atoms with Crippen molar-refractivity contribution < 1.29 is 14.0 Å². The van der Waals surface area contributed by atoms with Crippen molar-refractivity contribution >= 4 is 29.3 Å². The molecular weight excluding hydrogens is 441 g/mol. The number of amides is 2. The number of thioether (sulfide) groups is 1. The largest absolute Gasteiger partial charge is 0.342 e. The number of aromatic nitrogens is 3. The first-order valence-electron chi connectivity index (χ1n) is 10.8. The van der Waals surface area contributed by atoms with Crippen LogP contribution in [-0.2, 0) is 11.3 Å². The normalized spacial score (nSPS) is 11.9. The fourth-order valence-corrected chi connectivity index (χ4v) is 4.25. The van der Waals surface area contributed by atoms with Crippen LogP contribution in [-0.4, -0.2) is 32.3 Å². The lowest BCUT2D eigenvalue weighted by Gasteiger charge is -2.15. The van der Waals surface area contributed by atoms with Gasteiger partial charge in [0.25, 0.3) is 5.91 Å². The lowest BCUT2D eigenvalue weighted by Crippen LogP contribution is -2.29. The van der Waals surface area contributed by atoms with E-state index in [1.54, 1.807) is 13.0 Å². The summed E-state index contributed by atoms with van der Waals surface area (Å²) in [6.45, 7) is 8.41. The van der Waals surface area contributed by atoms with E-state index < -0.39 is 17.8 Å². The van der Waals surface area contributed by atoms with Crippen LogP contribution in [0, 0.1) is 5.82 Å². The summed E-state index contributed by atoms with van der Waals surface area (Å²) < 4.78 is 15.7. The third-order valence-corrected chi connectivity index (χ3v) is 6.07. The van der Waals surface area contributed by atoms with Gasteiger partial charge in [0.05, 0.1) is 17.4 Å². The maximum Gasteiger partial charge on any atom is 0.254 e. The fraction of sp³-hybridized carbons (Fsp3) is 0.333. The van der Waals surface area contributed by atoms with Crippen LogP contribution in [0.25, 0.3) is 0 Å². The van der Waals surface area contributed by atoms with Gasteiger partial charge in [-0.2, -0.15) is 0 Å². The van der Waals surface area contributed by atoms with E-state index in [9.17, 15) is 14.0 Å². The quantitative estimate of drug-likeness (QED) is 0.440. The molecule has 3 rings (SSSR count). The first kappa shape index (κ1) is 24.4. The summed E-state index contributed by atoms with van der Waals surface area (Å²) in [5.74, 6) is -0.248. The lowest BCUT2D eigenvalue weighted by molar-refractivity contribution is -0.113. The summed E-state index contributed by atoms with van der Waals surface area (Å²) in [4.78, 5) is 25.0. The van der Waals surface area contributed by atoms with Crippen LogP contribution in [0.2, 0.25) is 0 Å². The number of halogens is 1. The summed E-state index contributed by atoms with van der Waals surface area (Å²) in [7, 11) is 0. The van der Waals surface area contributed by atoms with Crippen molar-refractivity contribution in [2.24, 2.45) is 0 Å². The zero-order chi connectivity index (χ0) is 24.0. The SMILES string of the molecule is CCn1c(SCC(=O)Nc2ccccc2C(C)C)nnc1[C@@H](C)NC(=O)c1ccccc1F. The molecule has 2 aromatic carbocycles. The Hall–Kier alpha value is -3.20. The number of para-hydroxylation sites is 1. The maximum atomic E-state index is 13.9. The second kappa shape index (κ2) is 11.1. The average Bonchev–Trinajstić information content (AvgIpc) is 3.21. The number of hydrogen-bond acceptors (Lipinski definition) is 5. The van der Waals surface area contributed by atoms with Crippen molar-refractivity contribution in [2.75, 3.05) is 11.1 Å². The van der Waals surface area contributed by atoms with Crippen molar-refractivity contribution in [3.8, 4) is 0 Å². The van der Waals surface area contributed by atoms with Gasteiger partial charge in [-0.3, -0.25) is 9.59 Å². The molecule has 0 bridgehead atoms. The predicted molar refractivity (Wildman–Crippen MR) is 128 cm³/mol. The fourth-order valence-electron chi connectivity index (χ4n) is 3.44. The topological polar surface area (TPSA) is 88.9 Å². The summed E-state index contributed by atoms with van der Waals surface area (Å²) in [6.07, 6.45) is 0. The molecule has 0 saturated carbocycles. The van der Waals surface area contributed by atoms with E-state index in [-0.39, 0.29) is 17.2 Å². The Balaban J connectivity index is 1.65. The van der Waals surface area contributed by atoms with Gasteiger partial charge in [0.2, 0.25) is 5.91 Å². The van der Waals surface area contributed by atoms with E-state index in [4.69, 9.17) is 0 Å². The van der Waals surface area contributed by atoms with E-state index in [1.807, 2.05) is 35.8 Å². The number of carbonyl (C=O) groups excluding carboxylic acids is 2. The van der Waals surface area contributed by atoms with Crippen molar-refractivity contribution in [1.82, 2.24) is 20.1 Å². The number of carbonyl (C=O) groups is 2. The van der Waals surface area contributed by atoms with Gasteiger partial charge in [-0.05, 0) is 43.5 Å². The molecule has 0 aliphatic rings. The highest BCUT2D eigenvalue weighted by Crippen LogP contribution is 2.25. The molecule has 33 heavy (non-hydrogen) atoms. The molecule has 1 aromatic heterocycles. The molecule has 0 radical (unpaired) electrons. The molecule has 7 nitrogen and oxygen atoms in total. The van der Waals surface area contributed by atoms with Crippen LogP contribution < -0.4 is 10.6 Å². The van der Waals surface area contributed by atoms with E-state index in [2.05, 4.69) is 34.7 Å². The van der Waals surface area contributed by atoms with Crippen LogP contribution in [0.1, 0.15) is 61.4 Å². The van der Waals surface area contributed by atoms with Gasteiger partial charge in [-0.15, -0.1) is 10.2 Å². The Bertz CT molecular complexity index is 1130. The molecule has 3 aromatic rings. The van der Waals surface area contributed by atoms with Gasteiger partial charge < -0.3 is 15.2 Å². The van der Waals surface area contributed by atoms with Crippen molar-refractivity contribution in [3.05, 3.63) is 71.3 Å². The zero-order valence-corrected chi connectivity index (χ0v) is 19.9. The molecule has 2 N–H and O–H groups in total. The van der Waals surface area contributed by atoms with E-state index in [0.29, 0.717) is 23.4 Å². The molecule has 9 heteroatoms. The maximum absolute atomic E-state index is 13.9. The predicted octanol–water partition coefficient (Wildman–Crippen LogP) is 4.78. The second-order valence-corrected chi connectivity index (χ2v) is 8.78. The Morgan fingerprint density at radius 3 is 2.45 bits per heavy atom. The highest BCUT2D eigenvalue weighted by molar-refractivity contribution is 7.99. The summed E-state index contributed by atoms with van der Waals surface area (Å²) in [5, 5.41) is 14.7. The van der Waals surface area contributed by atoms with Crippen molar-refractivity contribution in [2.45, 2.75) is 51.4 Å². The van der Waals surface area contributed by atoms with E-state index >= 15 is 0 Å².